The molecule has 0 aliphatic heterocycles. The Morgan fingerprint density at radius 3 is 2.73 bits per heavy atom. The van der Waals surface area contributed by atoms with E-state index < -0.39 is 10.2 Å². The molecule has 1 aliphatic carbocycles. The van der Waals surface area contributed by atoms with Crippen molar-refractivity contribution in [3.8, 4) is 6.07 Å². The minimum absolute atomic E-state index is 0.0188. The highest BCUT2D eigenvalue weighted by atomic mass is 32.2. The average Bonchev–Trinajstić information content (AvgIpc) is 2.92. The first-order chi connectivity index (χ1) is 10.5. The Labute approximate surface area is 133 Å². The van der Waals surface area contributed by atoms with Crippen LogP contribution in [0.5, 0.6) is 0 Å². The molecule has 0 unspecified atom stereocenters. The number of rotatable bonds is 7. The van der Waals surface area contributed by atoms with Crippen molar-refractivity contribution in [1.29, 1.82) is 5.26 Å². The highest BCUT2D eigenvalue weighted by molar-refractivity contribution is 7.87. The zero-order chi connectivity index (χ0) is 16.0. The standard InChI is InChI=1S/C16H23N3O2S/c1-19(12-6-11-17)22(20,21)18-16-10-5-9-15(16)13-14-7-3-2-4-8-14/h2-4,7-8,15-16,18H,5-6,9-10,12-13H2,1H3/t15-,16+/m1/s1. The molecule has 22 heavy (non-hydrogen) atoms. The van der Waals surface area contributed by atoms with Gasteiger partial charge >= 0.3 is 0 Å². The van der Waals surface area contributed by atoms with E-state index in [-0.39, 0.29) is 19.0 Å². The second-order valence-corrected chi connectivity index (χ2v) is 7.65. The van der Waals surface area contributed by atoms with E-state index in [9.17, 15) is 8.42 Å². The summed E-state index contributed by atoms with van der Waals surface area (Å²) in [6.45, 7) is 0.224. The molecule has 0 amide bonds. The lowest BCUT2D eigenvalue weighted by atomic mass is 9.95. The Kier molecular flexibility index (Phi) is 5.95. The van der Waals surface area contributed by atoms with Gasteiger partial charge in [0.25, 0.3) is 10.2 Å². The third-order valence-electron chi connectivity index (χ3n) is 4.25. The minimum Gasteiger partial charge on any atom is -0.199 e. The van der Waals surface area contributed by atoms with E-state index in [1.165, 1.54) is 16.9 Å². The third kappa shape index (κ3) is 4.54. The zero-order valence-electron chi connectivity index (χ0n) is 12.9. The van der Waals surface area contributed by atoms with Gasteiger partial charge < -0.3 is 0 Å². The Morgan fingerprint density at radius 1 is 1.32 bits per heavy atom. The van der Waals surface area contributed by atoms with Gasteiger partial charge in [-0.1, -0.05) is 36.8 Å². The maximum atomic E-state index is 12.3. The fourth-order valence-electron chi connectivity index (χ4n) is 2.96. The smallest absolute Gasteiger partial charge is 0.199 e. The highest BCUT2D eigenvalue weighted by Crippen LogP contribution is 2.29. The van der Waals surface area contributed by atoms with Crippen LogP contribution in [0.4, 0.5) is 0 Å². The molecular formula is C16H23N3O2S. The lowest BCUT2D eigenvalue weighted by Crippen LogP contribution is -2.45. The minimum atomic E-state index is -3.51. The summed E-state index contributed by atoms with van der Waals surface area (Å²) in [4.78, 5) is 0. The van der Waals surface area contributed by atoms with Crippen LogP contribution >= 0.6 is 0 Å². The van der Waals surface area contributed by atoms with E-state index in [1.807, 2.05) is 24.3 Å². The highest BCUT2D eigenvalue weighted by Gasteiger charge is 2.32. The van der Waals surface area contributed by atoms with Crippen molar-refractivity contribution in [2.24, 2.45) is 5.92 Å². The molecule has 1 aromatic rings. The summed E-state index contributed by atoms with van der Waals surface area (Å²) in [5, 5.41) is 8.58. The molecule has 2 rings (SSSR count). The number of nitrogens with zero attached hydrogens (tertiary/aromatic N) is 2. The number of hydrogen-bond donors (Lipinski definition) is 1. The Hall–Kier alpha value is -1.42. The van der Waals surface area contributed by atoms with Gasteiger partial charge in [0.05, 0.1) is 6.07 Å². The van der Waals surface area contributed by atoms with Crippen LogP contribution in [0.3, 0.4) is 0 Å². The molecule has 1 aromatic carbocycles. The number of nitriles is 1. The van der Waals surface area contributed by atoms with Crippen molar-refractivity contribution >= 4 is 10.2 Å². The largest absolute Gasteiger partial charge is 0.279 e. The predicted molar refractivity (Wildman–Crippen MR) is 86.2 cm³/mol. The number of benzene rings is 1. The monoisotopic (exact) mass is 321 g/mol. The maximum Gasteiger partial charge on any atom is 0.279 e. The van der Waals surface area contributed by atoms with Crippen molar-refractivity contribution in [2.75, 3.05) is 13.6 Å². The van der Waals surface area contributed by atoms with Gasteiger partial charge in [0.1, 0.15) is 0 Å². The van der Waals surface area contributed by atoms with Gasteiger partial charge in [-0.05, 0) is 30.7 Å². The molecule has 0 heterocycles. The van der Waals surface area contributed by atoms with Crippen molar-refractivity contribution in [3.63, 3.8) is 0 Å². The zero-order valence-corrected chi connectivity index (χ0v) is 13.7. The Balaban J connectivity index is 1.97. The van der Waals surface area contributed by atoms with Crippen LogP contribution in [0.25, 0.3) is 0 Å². The van der Waals surface area contributed by atoms with Crippen LogP contribution in [0.2, 0.25) is 0 Å². The van der Waals surface area contributed by atoms with Crippen LogP contribution < -0.4 is 4.72 Å². The summed E-state index contributed by atoms with van der Waals surface area (Å²) in [6, 6.07) is 12.1. The molecule has 0 bridgehead atoms. The average molecular weight is 321 g/mol. The topological polar surface area (TPSA) is 73.2 Å². The van der Waals surface area contributed by atoms with Gasteiger partial charge in [0.15, 0.2) is 0 Å². The molecule has 0 radical (unpaired) electrons. The molecule has 1 N–H and O–H groups in total. The van der Waals surface area contributed by atoms with Gasteiger partial charge in [-0.15, -0.1) is 0 Å². The van der Waals surface area contributed by atoms with E-state index >= 15 is 0 Å². The summed E-state index contributed by atoms with van der Waals surface area (Å²) in [5.74, 6) is 0.335. The van der Waals surface area contributed by atoms with Crippen molar-refractivity contribution < 1.29 is 8.42 Å². The van der Waals surface area contributed by atoms with E-state index in [4.69, 9.17) is 5.26 Å². The third-order valence-corrected chi connectivity index (χ3v) is 5.85. The van der Waals surface area contributed by atoms with Crippen LogP contribution in [0.15, 0.2) is 30.3 Å². The molecule has 0 aromatic heterocycles. The van der Waals surface area contributed by atoms with Crippen LogP contribution in [-0.2, 0) is 16.6 Å². The summed E-state index contributed by atoms with van der Waals surface area (Å²) in [5.41, 5.74) is 1.25. The first-order valence-electron chi connectivity index (χ1n) is 7.67. The van der Waals surface area contributed by atoms with E-state index in [0.717, 1.165) is 25.7 Å². The van der Waals surface area contributed by atoms with E-state index in [0.29, 0.717) is 5.92 Å². The molecule has 0 spiro atoms. The summed E-state index contributed by atoms with van der Waals surface area (Å²) in [7, 11) is -1.99. The van der Waals surface area contributed by atoms with Crippen molar-refractivity contribution in [3.05, 3.63) is 35.9 Å². The SMILES string of the molecule is CN(CCC#N)S(=O)(=O)N[C@H]1CCC[C@@H]1Cc1ccccc1. The van der Waals surface area contributed by atoms with Crippen LogP contribution in [0.1, 0.15) is 31.2 Å². The molecule has 120 valence electrons. The molecular weight excluding hydrogens is 298 g/mol. The van der Waals surface area contributed by atoms with Gasteiger partial charge in [-0.2, -0.15) is 22.7 Å². The normalized spacial score (nSPS) is 21.9. The molecule has 5 nitrogen and oxygen atoms in total. The van der Waals surface area contributed by atoms with Crippen molar-refractivity contribution in [1.82, 2.24) is 9.03 Å². The quantitative estimate of drug-likeness (QED) is 0.835. The van der Waals surface area contributed by atoms with E-state index in [1.54, 1.807) is 0 Å². The van der Waals surface area contributed by atoms with Gasteiger partial charge in [-0.25, -0.2) is 0 Å². The maximum absolute atomic E-state index is 12.3. The van der Waals surface area contributed by atoms with Gasteiger partial charge in [0, 0.05) is 26.1 Å². The Bertz CT molecular complexity index is 610. The van der Waals surface area contributed by atoms with Crippen LogP contribution in [-0.4, -0.2) is 32.4 Å². The molecule has 6 heteroatoms. The fourth-order valence-corrected chi connectivity index (χ4v) is 4.17. The molecule has 2 atom stereocenters. The van der Waals surface area contributed by atoms with Crippen LogP contribution in [0, 0.1) is 17.2 Å². The number of hydrogen-bond acceptors (Lipinski definition) is 3. The lowest BCUT2D eigenvalue weighted by Gasteiger charge is -2.24. The molecule has 1 saturated carbocycles. The molecule has 0 saturated heterocycles. The second-order valence-electron chi connectivity index (χ2n) is 5.84. The van der Waals surface area contributed by atoms with E-state index in [2.05, 4.69) is 16.9 Å². The first kappa shape index (κ1) is 16.9. The fraction of sp³-hybridized carbons (Fsp3) is 0.562. The first-order valence-corrected chi connectivity index (χ1v) is 9.11. The Morgan fingerprint density at radius 2 is 2.05 bits per heavy atom. The van der Waals surface area contributed by atoms with Gasteiger partial charge in [-0.3, -0.25) is 0 Å². The van der Waals surface area contributed by atoms with Gasteiger partial charge in [0.2, 0.25) is 0 Å². The summed E-state index contributed by atoms with van der Waals surface area (Å²) in [6.07, 6.45) is 4.07. The molecule has 1 fully saturated rings. The molecule has 1 aliphatic rings. The lowest BCUT2D eigenvalue weighted by molar-refractivity contribution is 0.411. The summed E-state index contributed by atoms with van der Waals surface area (Å²) >= 11 is 0. The second kappa shape index (κ2) is 7.73. The predicted octanol–water partition coefficient (Wildman–Crippen LogP) is 2.08. The number of nitrogens with one attached hydrogen (secondary N) is 1. The van der Waals surface area contributed by atoms with Crippen molar-refractivity contribution in [2.45, 2.75) is 38.1 Å². The summed E-state index contributed by atoms with van der Waals surface area (Å²) < 4.78 is 28.6.